The number of nitrogens with two attached hydrogens (primary N) is 1. The highest BCUT2D eigenvalue weighted by Crippen LogP contribution is 2.27. The molecule has 4 nitrogen and oxygen atoms in total. The van der Waals surface area contributed by atoms with E-state index in [2.05, 4.69) is 0 Å². The molecule has 1 rings (SSSR count). The number of halogens is 2. The van der Waals surface area contributed by atoms with Crippen LogP contribution in [0.3, 0.4) is 0 Å². The number of unbranched alkanes of at least 4 members (excludes halogenated alkanes) is 1. The third kappa shape index (κ3) is 5.07. The van der Waals surface area contributed by atoms with E-state index >= 15 is 0 Å². The summed E-state index contributed by atoms with van der Waals surface area (Å²) in [7, 11) is 2.03. The number of carboxylic acids is 1. The number of hydrogen-bond acceptors (Lipinski definition) is 3. The Bertz CT molecular complexity index is 318. The summed E-state index contributed by atoms with van der Waals surface area (Å²) in [6.07, 6.45) is 3.17. The molecule has 0 aromatic carbocycles. The second-order valence-corrected chi connectivity index (χ2v) is 5.55. The number of nitrogens with zero attached hydrogens (tertiary/aromatic N) is 1. The molecule has 0 radical (unpaired) electrons. The zero-order chi connectivity index (χ0) is 14.5. The molecule has 1 fully saturated rings. The van der Waals surface area contributed by atoms with Gasteiger partial charge in [-0.1, -0.05) is 19.2 Å². The molecule has 0 spiro atoms. The molecule has 0 amide bonds. The molecule has 7 heteroatoms. The van der Waals surface area contributed by atoms with Crippen LogP contribution in [0.25, 0.3) is 0 Å². The zero-order valence-corrected chi connectivity index (χ0v) is 11.5. The molecule has 1 aliphatic rings. The molecular formula is C12H23BF2N2O2. The molecule has 0 aromatic rings. The SMILES string of the molecule is BCCCCC(N)(CCN1CCC(F)(F)C1)C(=O)O. The molecule has 1 aliphatic heterocycles. The van der Waals surface area contributed by atoms with Crippen LogP contribution >= 0.6 is 0 Å². The molecule has 0 saturated carbocycles. The third-order valence-electron chi connectivity index (χ3n) is 3.78. The van der Waals surface area contributed by atoms with Crippen molar-refractivity contribution in [2.24, 2.45) is 5.73 Å². The Morgan fingerprint density at radius 1 is 1.42 bits per heavy atom. The van der Waals surface area contributed by atoms with Gasteiger partial charge in [0.05, 0.1) is 6.54 Å². The van der Waals surface area contributed by atoms with Crippen LogP contribution in [0, 0.1) is 0 Å². The van der Waals surface area contributed by atoms with E-state index in [-0.39, 0.29) is 19.4 Å². The predicted octanol–water partition coefficient (Wildman–Crippen LogP) is 0.721. The Hall–Kier alpha value is -0.685. The normalized spacial score (nSPS) is 22.3. The van der Waals surface area contributed by atoms with E-state index in [1.165, 1.54) is 0 Å². The van der Waals surface area contributed by atoms with Crippen molar-refractivity contribution in [1.82, 2.24) is 4.90 Å². The first kappa shape index (κ1) is 16.4. The molecule has 3 N–H and O–H groups in total. The summed E-state index contributed by atoms with van der Waals surface area (Å²) in [5.41, 5.74) is 4.63. The van der Waals surface area contributed by atoms with Crippen LogP contribution in [-0.2, 0) is 4.79 Å². The molecule has 1 heterocycles. The second-order valence-electron chi connectivity index (χ2n) is 5.55. The molecule has 0 bridgehead atoms. The van der Waals surface area contributed by atoms with Gasteiger partial charge in [0.1, 0.15) is 13.4 Å². The lowest BCUT2D eigenvalue weighted by Crippen LogP contribution is -2.50. The maximum atomic E-state index is 13.0. The van der Waals surface area contributed by atoms with Gasteiger partial charge in [-0.15, -0.1) is 0 Å². The Labute approximate surface area is 113 Å². The number of rotatable bonds is 8. The Morgan fingerprint density at radius 2 is 2.11 bits per heavy atom. The first-order chi connectivity index (χ1) is 8.79. The van der Waals surface area contributed by atoms with E-state index in [1.54, 1.807) is 4.90 Å². The van der Waals surface area contributed by atoms with Crippen molar-refractivity contribution < 1.29 is 18.7 Å². The summed E-state index contributed by atoms with van der Waals surface area (Å²) >= 11 is 0. The molecule has 1 saturated heterocycles. The molecule has 0 aliphatic carbocycles. The topological polar surface area (TPSA) is 66.6 Å². The lowest BCUT2D eigenvalue weighted by Gasteiger charge is -2.27. The summed E-state index contributed by atoms with van der Waals surface area (Å²) < 4.78 is 26.1. The zero-order valence-electron chi connectivity index (χ0n) is 11.5. The summed E-state index contributed by atoms with van der Waals surface area (Å²) in [6.45, 7) is 0.361. The van der Waals surface area contributed by atoms with Crippen molar-refractivity contribution in [1.29, 1.82) is 0 Å². The van der Waals surface area contributed by atoms with Gasteiger partial charge >= 0.3 is 5.97 Å². The average molecular weight is 276 g/mol. The van der Waals surface area contributed by atoms with Gasteiger partial charge in [0.25, 0.3) is 5.92 Å². The summed E-state index contributed by atoms with van der Waals surface area (Å²) in [4.78, 5) is 12.9. The molecule has 19 heavy (non-hydrogen) atoms. The fraction of sp³-hybridized carbons (Fsp3) is 0.917. The number of carboxylic acid groups (broad SMARTS) is 1. The number of hydrogen-bond donors (Lipinski definition) is 2. The predicted molar refractivity (Wildman–Crippen MR) is 72.4 cm³/mol. The molecule has 0 aromatic heterocycles. The van der Waals surface area contributed by atoms with Gasteiger partial charge < -0.3 is 10.8 Å². The van der Waals surface area contributed by atoms with Crippen LogP contribution in [0.2, 0.25) is 6.32 Å². The van der Waals surface area contributed by atoms with Gasteiger partial charge in [-0.3, -0.25) is 9.69 Å². The molecule has 110 valence electrons. The van der Waals surface area contributed by atoms with Crippen molar-refractivity contribution in [3.05, 3.63) is 0 Å². The Morgan fingerprint density at radius 3 is 2.58 bits per heavy atom. The second kappa shape index (κ2) is 6.66. The first-order valence-electron chi connectivity index (χ1n) is 6.91. The maximum Gasteiger partial charge on any atom is 0.323 e. The number of aliphatic carboxylic acids is 1. The average Bonchev–Trinajstić information content (AvgIpc) is 2.67. The Kier molecular flexibility index (Phi) is 5.73. The van der Waals surface area contributed by atoms with Gasteiger partial charge in [0.15, 0.2) is 0 Å². The summed E-state index contributed by atoms with van der Waals surface area (Å²) in [6, 6.07) is 0. The van der Waals surface area contributed by atoms with Crippen molar-refractivity contribution >= 4 is 13.8 Å². The lowest BCUT2D eigenvalue weighted by molar-refractivity contribution is -0.144. The van der Waals surface area contributed by atoms with Crippen LogP contribution in [0.4, 0.5) is 8.78 Å². The van der Waals surface area contributed by atoms with Crippen LogP contribution in [0.1, 0.15) is 32.1 Å². The fourth-order valence-electron chi connectivity index (χ4n) is 2.38. The number of alkyl halides is 2. The van der Waals surface area contributed by atoms with Gasteiger partial charge in [0, 0.05) is 19.5 Å². The van der Waals surface area contributed by atoms with Crippen LogP contribution < -0.4 is 5.73 Å². The van der Waals surface area contributed by atoms with Crippen molar-refractivity contribution in [2.45, 2.75) is 49.9 Å². The minimum Gasteiger partial charge on any atom is -0.480 e. The van der Waals surface area contributed by atoms with Crippen LogP contribution in [0.5, 0.6) is 0 Å². The minimum absolute atomic E-state index is 0.145. The van der Waals surface area contributed by atoms with E-state index in [0.29, 0.717) is 19.5 Å². The van der Waals surface area contributed by atoms with E-state index in [9.17, 15) is 18.7 Å². The van der Waals surface area contributed by atoms with Gasteiger partial charge in [-0.25, -0.2) is 8.78 Å². The molecular weight excluding hydrogens is 253 g/mol. The van der Waals surface area contributed by atoms with Crippen LogP contribution in [-0.4, -0.2) is 54.9 Å². The van der Waals surface area contributed by atoms with E-state index in [1.807, 2.05) is 7.85 Å². The largest absolute Gasteiger partial charge is 0.480 e. The van der Waals surface area contributed by atoms with E-state index in [0.717, 1.165) is 19.2 Å². The third-order valence-corrected chi connectivity index (χ3v) is 3.78. The smallest absolute Gasteiger partial charge is 0.323 e. The number of carbonyl (C=O) groups is 1. The highest BCUT2D eigenvalue weighted by Gasteiger charge is 2.40. The molecule has 1 atom stereocenters. The Balaban J connectivity index is 2.43. The first-order valence-corrected chi connectivity index (χ1v) is 6.91. The van der Waals surface area contributed by atoms with E-state index < -0.39 is 17.4 Å². The fourth-order valence-corrected chi connectivity index (χ4v) is 2.38. The quantitative estimate of drug-likeness (QED) is 0.506. The van der Waals surface area contributed by atoms with Gasteiger partial charge in [-0.05, 0) is 12.8 Å². The van der Waals surface area contributed by atoms with Crippen molar-refractivity contribution in [2.75, 3.05) is 19.6 Å². The van der Waals surface area contributed by atoms with Gasteiger partial charge in [0.2, 0.25) is 0 Å². The van der Waals surface area contributed by atoms with Crippen molar-refractivity contribution in [3.8, 4) is 0 Å². The standard InChI is InChI=1S/C12H23BF2N2O2/c13-6-2-1-3-11(16,10(18)19)4-7-17-8-5-12(14,15)9-17/h1-9,13,16H2,(H,18,19). The summed E-state index contributed by atoms with van der Waals surface area (Å²) in [5, 5.41) is 9.22. The lowest BCUT2D eigenvalue weighted by atomic mass is 9.88. The van der Waals surface area contributed by atoms with E-state index in [4.69, 9.17) is 5.73 Å². The van der Waals surface area contributed by atoms with Gasteiger partial charge in [-0.2, -0.15) is 0 Å². The van der Waals surface area contributed by atoms with Crippen molar-refractivity contribution in [3.63, 3.8) is 0 Å². The number of likely N-dealkylation sites (tertiary alicyclic amines) is 1. The minimum atomic E-state index is -2.64. The summed E-state index contributed by atoms with van der Waals surface area (Å²) in [5.74, 6) is -3.67. The maximum absolute atomic E-state index is 13.0. The monoisotopic (exact) mass is 276 g/mol. The van der Waals surface area contributed by atoms with Crippen LogP contribution in [0.15, 0.2) is 0 Å². The highest BCUT2D eigenvalue weighted by atomic mass is 19.3. The highest BCUT2D eigenvalue weighted by molar-refractivity contribution is 6.08. The molecule has 1 unspecified atom stereocenters.